The summed E-state index contributed by atoms with van der Waals surface area (Å²) in [5.74, 6) is 0.156. The molecule has 5 heteroatoms. The zero-order chi connectivity index (χ0) is 11.0. The Morgan fingerprint density at radius 1 is 1.50 bits per heavy atom. The first-order chi connectivity index (χ1) is 6.29. The first-order valence-corrected chi connectivity index (χ1v) is 6.66. The van der Waals surface area contributed by atoms with E-state index in [4.69, 9.17) is 5.73 Å². The summed E-state index contributed by atoms with van der Waals surface area (Å²) in [5.41, 5.74) is 5.52. The second-order valence-electron chi connectivity index (χ2n) is 4.54. The number of hydrogen-bond donors (Lipinski definition) is 1. The quantitative estimate of drug-likeness (QED) is 0.738. The Morgan fingerprint density at radius 2 is 2.07 bits per heavy atom. The standard InChI is InChI=1S/C9H20N2O2S/c1-4-14(12,13)11-7-8(10)5-6-9(11,2)3/h8H,4-7,10H2,1-3H3. The van der Waals surface area contributed by atoms with Crippen LogP contribution < -0.4 is 5.73 Å². The van der Waals surface area contributed by atoms with Gasteiger partial charge in [-0.25, -0.2) is 8.42 Å². The lowest BCUT2D eigenvalue weighted by atomic mass is 9.91. The molecule has 0 amide bonds. The van der Waals surface area contributed by atoms with Gasteiger partial charge in [0.25, 0.3) is 0 Å². The van der Waals surface area contributed by atoms with Crippen LogP contribution in [0.5, 0.6) is 0 Å². The number of nitrogens with two attached hydrogens (primary N) is 1. The molecule has 1 heterocycles. The van der Waals surface area contributed by atoms with Crippen LogP contribution in [0.3, 0.4) is 0 Å². The Labute approximate surface area is 86.5 Å². The van der Waals surface area contributed by atoms with Crippen molar-refractivity contribution in [3.05, 3.63) is 0 Å². The van der Waals surface area contributed by atoms with Gasteiger partial charge in [-0.15, -0.1) is 0 Å². The van der Waals surface area contributed by atoms with Gasteiger partial charge in [0.2, 0.25) is 10.0 Å². The van der Waals surface area contributed by atoms with Crippen LogP contribution in [0.4, 0.5) is 0 Å². The van der Waals surface area contributed by atoms with Crippen molar-refractivity contribution >= 4 is 10.0 Å². The van der Waals surface area contributed by atoms with Crippen LogP contribution in [0.2, 0.25) is 0 Å². The molecule has 0 aliphatic carbocycles. The van der Waals surface area contributed by atoms with Gasteiger partial charge in [-0.1, -0.05) is 0 Å². The van der Waals surface area contributed by atoms with Gasteiger partial charge in [-0.3, -0.25) is 0 Å². The van der Waals surface area contributed by atoms with Crippen molar-refractivity contribution in [3.8, 4) is 0 Å². The number of piperidine rings is 1. The lowest BCUT2D eigenvalue weighted by molar-refractivity contribution is 0.155. The molecule has 0 aromatic heterocycles. The summed E-state index contributed by atoms with van der Waals surface area (Å²) < 4.78 is 25.1. The lowest BCUT2D eigenvalue weighted by Gasteiger charge is -2.43. The molecule has 2 N–H and O–H groups in total. The molecule has 0 spiro atoms. The van der Waals surface area contributed by atoms with E-state index in [-0.39, 0.29) is 17.3 Å². The molecule has 1 saturated heterocycles. The molecule has 1 unspecified atom stereocenters. The summed E-state index contributed by atoms with van der Waals surface area (Å²) in [4.78, 5) is 0. The van der Waals surface area contributed by atoms with Crippen molar-refractivity contribution in [3.63, 3.8) is 0 Å². The Morgan fingerprint density at radius 3 is 2.57 bits per heavy atom. The van der Waals surface area contributed by atoms with E-state index < -0.39 is 10.0 Å². The van der Waals surface area contributed by atoms with Gasteiger partial charge < -0.3 is 5.73 Å². The summed E-state index contributed by atoms with van der Waals surface area (Å²) in [6.07, 6.45) is 1.75. The van der Waals surface area contributed by atoms with Gasteiger partial charge in [-0.05, 0) is 33.6 Å². The van der Waals surface area contributed by atoms with E-state index in [0.29, 0.717) is 6.54 Å². The molecule has 4 nitrogen and oxygen atoms in total. The minimum Gasteiger partial charge on any atom is -0.327 e. The topological polar surface area (TPSA) is 63.4 Å². The minimum absolute atomic E-state index is 0.00986. The van der Waals surface area contributed by atoms with Crippen molar-refractivity contribution in [1.29, 1.82) is 0 Å². The average Bonchev–Trinajstić information content (AvgIpc) is 2.09. The smallest absolute Gasteiger partial charge is 0.214 e. The van der Waals surface area contributed by atoms with E-state index in [2.05, 4.69) is 0 Å². The van der Waals surface area contributed by atoms with Crippen molar-refractivity contribution < 1.29 is 8.42 Å². The van der Waals surface area contributed by atoms with Crippen LogP contribution in [0, 0.1) is 0 Å². The summed E-state index contributed by atoms with van der Waals surface area (Å²) in [5, 5.41) is 0. The van der Waals surface area contributed by atoms with Gasteiger partial charge in [0.1, 0.15) is 0 Å². The monoisotopic (exact) mass is 220 g/mol. The highest BCUT2D eigenvalue weighted by atomic mass is 32.2. The molecule has 0 bridgehead atoms. The maximum Gasteiger partial charge on any atom is 0.214 e. The van der Waals surface area contributed by atoms with Crippen LogP contribution in [-0.2, 0) is 10.0 Å². The van der Waals surface area contributed by atoms with E-state index in [1.807, 2.05) is 13.8 Å². The summed E-state index contributed by atoms with van der Waals surface area (Å²) >= 11 is 0. The zero-order valence-corrected chi connectivity index (χ0v) is 9.97. The maximum atomic E-state index is 11.8. The Balaban J connectivity index is 2.94. The van der Waals surface area contributed by atoms with Gasteiger partial charge in [0, 0.05) is 18.1 Å². The molecular weight excluding hydrogens is 200 g/mol. The SMILES string of the molecule is CCS(=O)(=O)N1CC(N)CCC1(C)C. The highest BCUT2D eigenvalue weighted by Crippen LogP contribution is 2.29. The Bertz CT molecular complexity index is 298. The van der Waals surface area contributed by atoms with Crippen molar-refractivity contribution in [2.24, 2.45) is 5.73 Å². The highest BCUT2D eigenvalue weighted by Gasteiger charge is 2.39. The molecule has 14 heavy (non-hydrogen) atoms. The van der Waals surface area contributed by atoms with Crippen molar-refractivity contribution in [2.75, 3.05) is 12.3 Å². The van der Waals surface area contributed by atoms with Crippen molar-refractivity contribution in [2.45, 2.75) is 45.2 Å². The largest absolute Gasteiger partial charge is 0.327 e. The summed E-state index contributed by atoms with van der Waals surface area (Å²) in [7, 11) is -3.11. The lowest BCUT2D eigenvalue weighted by Crippen LogP contribution is -2.56. The third kappa shape index (κ3) is 2.27. The van der Waals surface area contributed by atoms with E-state index in [9.17, 15) is 8.42 Å². The highest BCUT2D eigenvalue weighted by molar-refractivity contribution is 7.89. The van der Waals surface area contributed by atoms with Crippen LogP contribution >= 0.6 is 0 Å². The van der Waals surface area contributed by atoms with E-state index in [0.717, 1.165) is 12.8 Å². The van der Waals surface area contributed by atoms with Gasteiger partial charge in [0.05, 0.1) is 5.75 Å². The first kappa shape index (κ1) is 11.9. The third-order valence-corrected chi connectivity index (χ3v) is 4.95. The molecular formula is C9H20N2O2S. The predicted molar refractivity (Wildman–Crippen MR) is 57.5 cm³/mol. The van der Waals surface area contributed by atoms with Crippen molar-refractivity contribution in [1.82, 2.24) is 4.31 Å². The molecule has 1 rings (SSSR count). The van der Waals surface area contributed by atoms with E-state index in [1.165, 1.54) is 0 Å². The fourth-order valence-electron chi connectivity index (χ4n) is 1.86. The molecule has 1 fully saturated rings. The van der Waals surface area contributed by atoms with Crippen LogP contribution in [0.15, 0.2) is 0 Å². The molecule has 0 radical (unpaired) electrons. The number of sulfonamides is 1. The zero-order valence-electron chi connectivity index (χ0n) is 9.16. The van der Waals surface area contributed by atoms with E-state index in [1.54, 1.807) is 11.2 Å². The second kappa shape index (κ2) is 3.79. The number of hydrogen-bond acceptors (Lipinski definition) is 3. The fourth-order valence-corrected chi connectivity index (χ4v) is 3.44. The van der Waals surface area contributed by atoms with Gasteiger partial charge in [0.15, 0.2) is 0 Å². The summed E-state index contributed by atoms with van der Waals surface area (Å²) in [6, 6.07) is -0.00986. The van der Waals surface area contributed by atoms with E-state index >= 15 is 0 Å². The molecule has 84 valence electrons. The fraction of sp³-hybridized carbons (Fsp3) is 1.00. The molecule has 1 aliphatic rings. The average molecular weight is 220 g/mol. The Kier molecular flexibility index (Phi) is 3.23. The third-order valence-electron chi connectivity index (χ3n) is 2.90. The van der Waals surface area contributed by atoms with Gasteiger partial charge in [-0.2, -0.15) is 4.31 Å². The van der Waals surface area contributed by atoms with Crippen LogP contribution in [0.25, 0.3) is 0 Å². The maximum absolute atomic E-state index is 11.8. The van der Waals surface area contributed by atoms with Crippen LogP contribution in [0.1, 0.15) is 33.6 Å². The minimum atomic E-state index is -3.11. The Hall–Kier alpha value is -0.130. The molecule has 0 aromatic carbocycles. The van der Waals surface area contributed by atoms with Gasteiger partial charge >= 0.3 is 0 Å². The molecule has 0 aromatic rings. The second-order valence-corrected chi connectivity index (χ2v) is 6.72. The predicted octanol–water partition coefficient (Wildman–Crippen LogP) is 0.538. The normalized spacial score (nSPS) is 29.0. The first-order valence-electron chi connectivity index (χ1n) is 5.05. The molecule has 1 atom stereocenters. The number of nitrogens with zero attached hydrogens (tertiary/aromatic N) is 1. The summed E-state index contributed by atoms with van der Waals surface area (Å²) in [6.45, 7) is 6.06. The molecule has 0 saturated carbocycles. The number of rotatable bonds is 2. The van der Waals surface area contributed by atoms with Crippen LogP contribution in [-0.4, -0.2) is 36.6 Å². The molecule has 1 aliphatic heterocycles.